The van der Waals surface area contributed by atoms with Gasteiger partial charge in [-0.05, 0) is 47.9 Å². The van der Waals surface area contributed by atoms with Crippen LogP contribution in [0.15, 0.2) is 64.4 Å². The molecule has 1 N–H and O–H groups in total. The summed E-state index contributed by atoms with van der Waals surface area (Å²) in [5.41, 5.74) is 0.162. The quantitative estimate of drug-likeness (QED) is 0.468. The maximum absolute atomic E-state index is 13.7. The third-order valence-corrected chi connectivity index (χ3v) is 10.9. The van der Waals surface area contributed by atoms with Gasteiger partial charge in [0, 0.05) is 16.0 Å². The van der Waals surface area contributed by atoms with E-state index >= 15 is 0 Å². The molecule has 2 aliphatic carbocycles. The molecule has 5 nitrogen and oxygen atoms in total. The van der Waals surface area contributed by atoms with E-state index in [0.717, 1.165) is 38.9 Å². The van der Waals surface area contributed by atoms with Gasteiger partial charge in [-0.1, -0.05) is 47.7 Å². The highest BCUT2D eigenvalue weighted by atomic mass is 32.2. The Morgan fingerprint density at radius 2 is 1.64 bits per heavy atom. The minimum Gasteiger partial charge on any atom is -0.307 e. The van der Waals surface area contributed by atoms with Crippen LogP contribution in [0.25, 0.3) is 0 Å². The number of thiazole rings is 1. The van der Waals surface area contributed by atoms with Crippen LogP contribution < -0.4 is 9.77 Å². The lowest BCUT2D eigenvalue weighted by molar-refractivity contribution is -0.137. The fourth-order valence-corrected chi connectivity index (χ4v) is 10.0. The van der Waals surface area contributed by atoms with Crippen LogP contribution in [-0.2, 0) is 15.8 Å². The zero-order valence-electron chi connectivity index (χ0n) is 18.6. The molecule has 2 aliphatic heterocycles. The monoisotopic (exact) mass is 528 g/mol. The number of thioether (sulfide) groups is 1. The fraction of sp³-hybridized carbons (Fsp3) is 0.346. The van der Waals surface area contributed by atoms with Crippen LogP contribution in [-0.4, -0.2) is 22.0 Å². The summed E-state index contributed by atoms with van der Waals surface area (Å²) in [6.07, 6.45) is -3.84. The topological polar surface area (TPSA) is 70.2 Å². The number of benzene rings is 2. The number of carbonyl (C=O) groups excluding carboxylic acids is 2. The highest BCUT2D eigenvalue weighted by molar-refractivity contribution is 8.00. The number of nitrogens with one attached hydrogen (secondary N) is 1. The first-order valence-electron chi connectivity index (χ1n) is 11.7. The minimum atomic E-state index is -4.57. The number of fused-ring (bicyclic) bond motifs is 9. The molecule has 36 heavy (non-hydrogen) atoms. The summed E-state index contributed by atoms with van der Waals surface area (Å²) in [6, 6.07) is 14.4. The Kier molecular flexibility index (Phi) is 4.71. The maximum Gasteiger partial charge on any atom is 0.416 e. The highest BCUT2D eigenvalue weighted by Gasteiger charge is 2.69. The number of aromatic amines is 1. The SMILES string of the molecule is O=C1[C@@H]2[C@H]3C[C@@H]([C@@H]2C(=O)N1c1cccc(C(F)(F)F)c1)[C@@H]1[C@H](c2ccccc2)c2sc(=O)[nH]c2S[C@H]31. The molecule has 4 aliphatic rings. The van der Waals surface area contributed by atoms with Gasteiger partial charge in [-0.25, -0.2) is 0 Å². The van der Waals surface area contributed by atoms with Gasteiger partial charge in [-0.15, -0.1) is 11.8 Å². The van der Waals surface area contributed by atoms with Crippen LogP contribution in [0.5, 0.6) is 0 Å². The lowest BCUT2D eigenvalue weighted by atomic mass is 9.68. The number of aromatic nitrogens is 1. The Hall–Kier alpha value is -2.85. The van der Waals surface area contributed by atoms with Gasteiger partial charge >= 0.3 is 11.0 Å². The van der Waals surface area contributed by atoms with Crippen molar-refractivity contribution in [1.29, 1.82) is 0 Å². The maximum atomic E-state index is 13.7. The molecule has 3 fully saturated rings. The van der Waals surface area contributed by atoms with E-state index in [2.05, 4.69) is 4.98 Å². The molecule has 10 heteroatoms. The molecular formula is C26H19F3N2O3S2. The normalized spacial score (nSPS) is 32.5. The van der Waals surface area contributed by atoms with E-state index in [4.69, 9.17) is 0 Å². The summed E-state index contributed by atoms with van der Waals surface area (Å²) in [5, 5.41) is 0.869. The number of carbonyl (C=O) groups is 2. The van der Waals surface area contributed by atoms with Crippen molar-refractivity contribution in [3.63, 3.8) is 0 Å². The van der Waals surface area contributed by atoms with Crippen molar-refractivity contribution in [2.75, 3.05) is 4.90 Å². The Labute approximate surface area is 211 Å². The Morgan fingerprint density at radius 1 is 0.917 bits per heavy atom. The smallest absolute Gasteiger partial charge is 0.307 e. The Balaban J connectivity index is 1.30. The first-order valence-corrected chi connectivity index (χ1v) is 13.4. The second kappa shape index (κ2) is 7.58. The summed E-state index contributed by atoms with van der Waals surface area (Å²) >= 11 is 2.79. The molecule has 1 aromatic heterocycles. The van der Waals surface area contributed by atoms with E-state index < -0.39 is 35.4 Å². The first-order chi connectivity index (χ1) is 17.2. The van der Waals surface area contributed by atoms with E-state index in [1.54, 1.807) is 11.8 Å². The lowest BCUT2D eigenvalue weighted by Gasteiger charge is -2.43. The van der Waals surface area contributed by atoms with Crippen molar-refractivity contribution in [2.24, 2.45) is 29.6 Å². The van der Waals surface area contributed by atoms with Gasteiger partial charge in [0.15, 0.2) is 0 Å². The average molecular weight is 529 g/mol. The number of H-pyrrole nitrogens is 1. The molecule has 2 saturated carbocycles. The Morgan fingerprint density at radius 3 is 2.36 bits per heavy atom. The third-order valence-electron chi connectivity index (χ3n) is 8.31. The number of anilines is 1. The zero-order valence-corrected chi connectivity index (χ0v) is 20.2. The number of hydrogen-bond acceptors (Lipinski definition) is 5. The predicted molar refractivity (Wildman–Crippen MR) is 129 cm³/mol. The van der Waals surface area contributed by atoms with Crippen molar-refractivity contribution in [3.05, 3.63) is 80.3 Å². The van der Waals surface area contributed by atoms with E-state index in [1.807, 2.05) is 30.3 Å². The fourth-order valence-electron chi connectivity index (χ4n) is 7.13. The molecule has 7 rings (SSSR count). The Bertz CT molecular complexity index is 1470. The van der Waals surface area contributed by atoms with Gasteiger partial charge in [0.25, 0.3) is 0 Å². The largest absolute Gasteiger partial charge is 0.416 e. The molecule has 0 spiro atoms. The van der Waals surface area contributed by atoms with Crippen LogP contribution in [0.2, 0.25) is 0 Å². The molecule has 0 unspecified atom stereocenters. The van der Waals surface area contributed by atoms with Crippen molar-refractivity contribution in [2.45, 2.75) is 28.8 Å². The number of nitrogens with zero attached hydrogens (tertiary/aromatic N) is 1. The summed E-state index contributed by atoms with van der Waals surface area (Å²) in [5.74, 6) is -2.09. The molecule has 1 saturated heterocycles. The van der Waals surface area contributed by atoms with Crippen molar-refractivity contribution >= 4 is 40.6 Å². The molecule has 0 radical (unpaired) electrons. The molecular weight excluding hydrogens is 509 g/mol. The van der Waals surface area contributed by atoms with Crippen LogP contribution >= 0.6 is 23.1 Å². The summed E-state index contributed by atoms with van der Waals surface area (Å²) in [6.45, 7) is 0. The minimum absolute atomic E-state index is 0.0210. The zero-order chi connectivity index (χ0) is 24.9. The molecule has 2 amide bonds. The van der Waals surface area contributed by atoms with Crippen LogP contribution in [0.4, 0.5) is 18.9 Å². The number of amides is 2. The average Bonchev–Trinajstić information content (AvgIpc) is 3.58. The first kappa shape index (κ1) is 22.4. The van der Waals surface area contributed by atoms with Crippen molar-refractivity contribution in [1.82, 2.24) is 4.98 Å². The van der Waals surface area contributed by atoms with Crippen LogP contribution in [0, 0.1) is 29.6 Å². The molecule has 3 aromatic rings. The van der Waals surface area contributed by atoms with Gasteiger partial charge in [0.2, 0.25) is 11.8 Å². The van der Waals surface area contributed by atoms with Gasteiger partial charge in [0.05, 0.1) is 28.1 Å². The highest BCUT2D eigenvalue weighted by Crippen LogP contribution is 2.68. The summed E-state index contributed by atoms with van der Waals surface area (Å²) in [4.78, 5) is 44.3. The van der Waals surface area contributed by atoms with Crippen molar-refractivity contribution < 1.29 is 22.8 Å². The second-order valence-electron chi connectivity index (χ2n) is 9.93. The number of alkyl halides is 3. The van der Waals surface area contributed by atoms with E-state index in [0.29, 0.717) is 0 Å². The van der Waals surface area contributed by atoms with Crippen LogP contribution in [0.1, 0.15) is 28.3 Å². The predicted octanol–water partition coefficient (Wildman–Crippen LogP) is 5.13. The van der Waals surface area contributed by atoms with E-state index in [1.165, 1.54) is 23.5 Å². The van der Waals surface area contributed by atoms with Crippen molar-refractivity contribution in [3.8, 4) is 0 Å². The van der Waals surface area contributed by atoms with Gasteiger partial charge in [0.1, 0.15) is 0 Å². The number of rotatable bonds is 2. The van der Waals surface area contributed by atoms with E-state index in [9.17, 15) is 27.6 Å². The second-order valence-corrected chi connectivity index (χ2v) is 12.1. The summed E-state index contributed by atoms with van der Waals surface area (Å²) < 4.78 is 40.0. The number of hydrogen-bond donors (Lipinski definition) is 1. The molecule has 184 valence electrons. The summed E-state index contributed by atoms with van der Waals surface area (Å²) in [7, 11) is 0. The van der Waals surface area contributed by atoms with Gasteiger partial charge in [-0.3, -0.25) is 19.3 Å². The molecule has 3 heterocycles. The molecule has 7 atom stereocenters. The number of imide groups is 1. The molecule has 2 aromatic carbocycles. The number of halogens is 3. The molecule has 2 bridgehead atoms. The van der Waals surface area contributed by atoms with E-state index in [-0.39, 0.29) is 39.5 Å². The van der Waals surface area contributed by atoms with Gasteiger partial charge in [-0.2, -0.15) is 13.2 Å². The standard InChI is InChI=1S/C26H19F3N2O3S2/c27-26(28,29)12-7-4-8-13(9-12)31-23(32)18-14-10-15(19(18)24(31)33)20-17(14)16(11-5-2-1-3-6-11)21-22(35-20)30-25(34)36-21/h1-9,14-20H,10H2,(H,30,34)/t14-,15-,16+,17-,18+,19-,20-/m1/s1. The lowest BCUT2D eigenvalue weighted by Crippen LogP contribution is -2.42. The third kappa shape index (κ3) is 3.00. The van der Waals surface area contributed by atoms with Crippen LogP contribution in [0.3, 0.4) is 0 Å². The van der Waals surface area contributed by atoms with Gasteiger partial charge < -0.3 is 4.98 Å².